The Labute approximate surface area is 192 Å². The van der Waals surface area contributed by atoms with E-state index in [2.05, 4.69) is 9.97 Å². The molecule has 0 aliphatic rings. The van der Waals surface area contributed by atoms with Gasteiger partial charge in [-0.2, -0.15) is 0 Å². The van der Waals surface area contributed by atoms with Gasteiger partial charge in [-0.25, -0.2) is 18.7 Å². The molecule has 0 aliphatic carbocycles. The van der Waals surface area contributed by atoms with E-state index in [1.54, 1.807) is 16.5 Å². The van der Waals surface area contributed by atoms with Gasteiger partial charge in [0.2, 0.25) is 0 Å². The second kappa shape index (κ2) is 11.0. The molecule has 0 radical (unpaired) electrons. The highest BCUT2D eigenvalue weighted by molar-refractivity contribution is 7.93. The van der Waals surface area contributed by atoms with Crippen LogP contribution in [0.5, 0.6) is 5.88 Å². The zero-order valence-corrected chi connectivity index (χ0v) is 20.5. The fourth-order valence-electron chi connectivity index (χ4n) is 3.29. The Balaban J connectivity index is 0.000000860. The summed E-state index contributed by atoms with van der Waals surface area (Å²) in [7, 11) is 2.82. The van der Waals surface area contributed by atoms with Crippen LogP contribution in [-0.2, 0) is 4.74 Å². The van der Waals surface area contributed by atoms with E-state index in [4.69, 9.17) is 9.47 Å². The van der Waals surface area contributed by atoms with Crippen molar-refractivity contribution in [3.05, 3.63) is 47.3 Å². The molecule has 7 nitrogen and oxygen atoms in total. The Morgan fingerprint density at radius 1 is 1.03 bits per heavy atom. The molecule has 0 bridgehead atoms. The van der Waals surface area contributed by atoms with Gasteiger partial charge in [-0.1, -0.05) is 27.7 Å². The highest BCUT2D eigenvalue weighted by atomic mass is 32.2. The average molecular weight is 461 g/mol. The lowest BCUT2D eigenvalue weighted by atomic mass is 10.2. The fraction of sp³-hybridized carbons (Fsp3) is 0.348. The SMILES string of the molecule is CC.CC.COC(=O)c1cc(OC)n2c(C)c(-c3cc4ccc(C)nc4n3SF)nc2c1. The van der Waals surface area contributed by atoms with Gasteiger partial charge in [0, 0.05) is 17.1 Å². The van der Waals surface area contributed by atoms with Gasteiger partial charge >= 0.3 is 5.97 Å². The van der Waals surface area contributed by atoms with E-state index in [-0.39, 0.29) is 12.3 Å². The van der Waals surface area contributed by atoms with E-state index in [9.17, 15) is 8.68 Å². The molecular weight excluding hydrogens is 431 g/mol. The third kappa shape index (κ3) is 4.43. The van der Waals surface area contributed by atoms with E-state index in [1.165, 1.54) is 18.2 Å². The van der Waals surface area contributed by atoms with Crippen LogP contribution in [-0.4, -0.2) is 38.5 Å². The number of hydrogen-bond donors (Lipinski definition) is 0. The number of carbonyl (C=O) groups is 1. The lowest BCUT2D eigenvalue weighted by molar-refractivity contribution is 0.0600. The summed E-state index contributed by atoms with van der Waals surface area (Å²) in [5.74, 6) is -0.0604. The zero-order chi connectivity index (χ0) is 24.0. The van der Waals surface area contributed by atoms with Crippen LogP contribution in [0.2, 0.25) is 0 Å². The van der Waals surface area contributed by atoms with Crippen molar-refractivity contribution in [3.63, 3.8) is 0 Å². The number of rotatable bonds is 4. The van der Waals surface area contributed by atoms with E-state index >= 15 is 0 Å². The molecule has 0 aromatic carbocycles. The molecular formula is C23H29FN4O3S. The Hall–Kier alpha value is -3.07. The number of fused-ring (bicyclic) bond motifs is 2. The first-order valence-electron chi connectivity index (χ1n) is 10.4. The van der Waals surface area contributed by atoms with Crippen LogP contribution >= 0.6 is 12.3 Å². The molecule has 32 heavy (non-hydrogen) atoms. The first kappa shape index (κ1) is 25.2. The van der Waals surface area contributed by atoms with Crippen LogP contribution in [0.25, 0.3) is 28.1 Å². The van der Waals surface area contributed by atoms with Crippen LogP contribution < -0.4 is 4.74 Å². The van der Waals surface area contributed by atoms with Gasteiger partial charge in [-0.15, -0.1) is 3.89 Å². The maximum absolute atomic E-state index is 13.8. The van der Waals surface area contributed by atoms with E-state index in [1.807, 2.05) is 59.7 Å². The molecule has 0 aliphatic heterocycles. The highest BCUT2D eigenvalue weighted by Gasteiger charge is 2.21. The second-order valence-electron chi connectivity index (χ2n) is 6.28. The predicted molar refractivity (Wildman–Crippen MR) is 128 cm³/mol. The summed E-state index contributed by atoms with van der Waals surface area (Å²) in [4.78, 5) is 21.0. The first-order chi connectivity index (χ1) is 15.5. The standard InChI is InChI=1S/C19H17FN4O3S.2C2H6/c1-10-5-6-12-7-14(24(28-20)18(12)21-10)17-11(2)23-15(22-17)8-13(19(25)27-4)9-16(23)26-3;2*1-2/h5-9H,1-4H3;2*1-2H3. The Kier molecular flexibility index (Phi) is 8.65. The highest BCUT2D eigenvalue weighted by Crippen LogP contribution is 2.35. The largest absolute Gasteiger partial charge is 0.482 e. The van der Waals surface area contributed by atoms with Crippen molar-refractivity contribution in [1.29, 1.82) is 0 Å². The summed E-state index contributed by atoms with van der Waals surface area (Å²) < 4.78 is 27.2. The van der Waals surface area contributed by atoms with Gasteiger partial charge in [0.05, 0.1) is 31.2 Å². The van der Waals surface area contributed by atoms with Crippen molar-refractivity contribution in [2.75, 3.05) is 14.2 Å². The number of pyridine rings is 2. The molecule has 0 saturated carbocycles. The van der Waals surface area contributed by atoms with Gasteiger partial charge in [-0.3, -0.25) is 4.40 Å². The minimum absolute atomic E-state index is 0.0749. The first-order valence-corrected chi connectivity index (χ1v) is 11.1. The summed E-state index contributed by atoms with van der Waals surface area (Å²) in [6.45, 7) is 11.7. The number of imidazole rings is 1. The number of carbonyl (C=O) groups excluding carboxylic acids is 1. The van der Waals surface area contributed by atoms with E-state index < -0.39 is 5.97 Å². The molecule has 0 unspecified atom stereocenters. The molecule has 0 spiro atoms. The summed E-state index contributed by atoms with van der Waals surface area (Å²) in [6, 6.07) is 8.82. The van der Waals surface area contributed by atoms with Crippen molar-refractivity contribution in [2.45, 2.75) is 41.5 Å². The van der Waals surface area contributed by atoms with Gasteiger partial charge in [0.15, 0.2) is 23.9 Å². The summed E-state index contributed by atoms with van der Waals surface area (Å²) in [6.07, 6.45) is 0. The van der Waals surface area contributed by atoms with Crippen LogP contribution in [0, 0.1) is 13.8 Å². The minimum Gasteiger partial charge on any atom is -0.482 e. The summed E-state index contributed by atoms with van der Waals surface area (Å²) in [5, 5.41) is 0.810. The third-order valence-corrected chi connectivity index (χ3v) is 5.11. The number of ether oxygens (including phenoxy) is 2. The van der Waals surface area contributed by atoms with Crippen LogP contribution in [0.3, 0.4) is 0 Å². The molecule has 4 heterocycles. The van der Waals surface area contributed by atoms with Crippen LogP contribution in [0.1, 0.15) is 49.4 Å². The van der Waals surface area contributed by atoms with Gasteiger partial charge in [0.25, 0.3) is 0 Å². The molecule has 0 amide bonds. The van der Waals surface area contributed by atoms with E-state index in [0.29, 0.717) is 34.1 Å². The van der Waals surface area contributed by atoms with Crippen molar-refractivity contribution in [1.82, 2.24) is 18.3 Å². The molecule has 9 heteroatoms. The smallest absolute Gasteiger partial charge is 0.338 e. The number of aryl methyl sites for hydroxylation is 2. The zero-order valence-electron chi connectivity index (χ0n) is 19.7. The van der Waals surface area contributed by atoms with Gasteiger partial charge < -0.3 is 9.47 Å². The number of nitrogens with zero attached hydrogens (tertiary/aromatic N) is 4. The third-order valence-electron chi connectivity index (χ3n) is 4.61. The Bertz CT molecular complexity index is 1230. The molecule has 0 atom stereocenters. The molecule has 0 saturated heterocycles. The maximum Gasteiger partial charge on any atom is 0.338 e. The van der Waals surface area contributed by atoms with Gasteiger partial charge in [-0.05, 0) is 38.1 Å². The maximum atomic E-state index is 13.8. The lowest BCUT2D eigenvalue weighted by Crippen LogP contribution is -2.04. The molecule has 4 aromatic rings. The summed E-state index contributed by atoms with van der Waals surface area (Å²) in [5.41, 5.74) is 4.03. The average Bonchev–Trinajstić information content (AvgIpc) is 3.37. The van der Waals surface area contributed by atoms with Crippen LogP contribution in [0.4, 0.5) is 3.89 Å². The fourth-order valence-corrected chi connectivity index (χ4v) is 3.71. The molecule has 0 N–H and O–H groups in total. The van der Waals surface area contributed by atoms with E-state index in [0.717, 1.165) is 16.8 Å². The van der Waals surface area contributed by atoms with Crippen molar-refractivity contribution in [3.8, 4) is 17.3 Å². The number of aromatic nitrogens is 4. The topological polar surface area (TPSA) is 70.7 Å². The van der Waals surface area contributed by atoms with Crippen molar-refractivity contribution >= 4 is 35.0 Å². The quantitative estimate of drug-likeness (QED) is 0.338. The second-order valence-corrected chi connectivity index (χ2v) is 6.78. The lowest BCUT2D eigenvalue weighted by Gasteiger charge is -2.08. The predicted octanol–water partition coefficient (Wildman–Crippen LogP) is 6.20. The molecule has 4 aromatic heterocycles. The van der Waals surface area contributed by atoms with Crippen molar-refractivity contribution < 1.29 is 18.2 Å². The molecule has 172 valence electrons. The number of esters is 1. The summed E-state index contributed by atoms with van der Waals surface area (Å²) >= 11 is 0.0749. The minimum atomic E-state index is -0.490. The van der Waals surface area contributed by atoms with Crippen LogP contribution in [0.15, 0.2) is 30.3 Å². The Morgan fingerprint density at radius 2 is 1.72 bits per heavy atom. The number of halogens is 1. The molecule has 0 fully saturated rings. The Morgan fingerprint density at radius 3 is 2.31 bits per heavy atom. The number of hydrogen-bond acceptors (Lipinski definition) is 6. The van der Waals surface area contributed by atoms with Crippen molar-refractivity contribution in [2.24, 2.45) is 0 Å². The molecule has 4 rings (SSSR count). The van der Waals surface area contributed by atoms with Gasteiger partial charge in [0.1, 0.15) is 11.3 Å². The normalized spacial score (nSPS) is 10.3. The monoisotopic (exact) mass is 460 g/mol. The number of methoxy groups -OCH3 is 2.